The van der Waals surface area contributed by atoms with Crippen molar-refractivity contribution in [1.82, 2.24) is 5.32 Å². The van der Waals surface area contributed by atoms with Crippen LogP contribution < -0.4 is 5.32 Å². The van der Waals surface area contributed by atoms with Crippen molar-refractivity contribution < 1.29 is 4.74 Å². The van der Waals surface area contributed by atoms with Gasteiger partial charge in [0.1, 0.15) is 0 Å². The van der Waals surface area contributed by atoms with Crippen LogP contribution in [0.25, 0.3) is 0 Å². The Bertz CT molecular complexity index is 164. The van der Waals surface area contributed by atoms with Crippen LogP contribution in [0, 0.1) is 5.92 Å². The maximum atomic E-state index is 5.89. The van der Waals surface area contributed by atoms with Gasteiger partial charge in [-0.25, -0.2) is 0 Å². The monoisotopic (exact) mass is 227 g/mol. The molecule has 0 amide bonds. The lowest BCUT2D eigenvalue weighted by atomic mass is 9.98. The summed E-state index contributed by atoms with van der Waals surface area (Å²) in [5.41, 5.74) is 0. The second-order valence-electron chi connectivity index (χ2n) is 5.47. The van der Waals surface area contributed by atoms with E-state index in [0.29, 0.717) is 12.1 Å². The van der Waals surface area contributed by atoms with Crippen molar-refractivity contribution >= 4 is 0 Å². The first-order chi connectivity index (χ1) is 7.70. The van der Waals surface area contributed by atoms with E-state index in [9.17, 15) is 0 Å². The van der Waals surface area contributed by atoms with Gasteiger partial charge in [-0.05, 0) is 38.6 Å². The molecule has 0 aliphatic heterocycles. The van der Waals surface area contributed by atoms with E-state index in [4.69, 9.17) is 4.74 Å². The average Bonchev–Trinajstić information content (AvgIpc) is 2.29. The Morgan fingerprint density at radius 3 is 2.44 bits per heavy atom. The molecule has 0 heterocycles. The van der Waals surface area contributed by atoms with Gasteiger partial charge in [-0.3, -0.25) is 0 Å². The molecule has 1 atom stereocenters. The molecular weight excluding hydrogens is 198 g/mol. The van der Waals surface area contributed by atoms with E-state index in [1.807, 2.05) is 0 Å². The molecule has 0 spiro atoms. The van der Waals surface area contributed by atoms with Gasteiger partial charge in [-0.1, -0.05) is 33.1 Å². The quantitative estimate of drug-likeness (QED) is 0.673. The van der Waals surface area contributed by atoms with Crippen LogP contribution in [-0.4, -0.2) is 25.3 Å². The Hall–Kier alpha value is -0.0800. The molecule has 1 fully saturated rings. The van der Waals surface area contributed by atoms with Gasteiger partial charge in [-0.15, -0.1) is 0 Å². The highest BCUT2D eigenvalue weighted by Crippen LogP contribution is 2.20. The van der Waals surface area contributed by atoms with E-state index >= 15 is 0 Å². The SMILES string of the molecule is CC(C)C(C)NCCCOC1CCCCC1. The Morgan fingerprint density at radius 1 is 1.12 bits per heavy atom. The zero-order valence-electron chi connectivity index (χ0n) is 11.3. The molecule has 1 rings (SSSR count). The summed E-state index contributed by atoms with van der Waals surface area (Å²) in [6.07, 6.45) is 8.43. The summed E-state index contributed by atoms with van der Waals surface area (Å²) < 4.78 is 5.89. The van der Waals surface area contributed by atoms with E-state index in [-0.39, 0.29) is 0 Å². The van der Waals surface area contributed by atoms with Crippen LogP contribution in [0.5, 0.6) is 0 Å². The average molecular weight is 227 g/mol. The third-order valence-electron chi connectivity index (χ3n) is 3.69. The summed E-state index contributed by atoms with van der Waals surface area (Å²) in [7, 11) is 0. The van der Waals surface area contributed by atoms with Crippen molar-refractivity contribution in [3.63, 3.8) is 0 Å². The molecule has 0 bridgehead atoms. The molecule has 0 aromatic carbocycles. The maximum Gasteiger partial charge on any atom is 0.0575 e. The third-order valence-corrected chi connectivity index (χ3v) is 3.69. The molecule has 0 radical (unpaired) electrons. The maximum absolute atomic E-state index is 5.89. The van der Waals surface area contributed by atoms with Crippen LogP contribution in [0.2, 0.25) is 0 Å². The normalized spacial score (nSPS) is 20.2. The van der Waals surface area contributed by atoms with Crippen LogP contribution >= 0.6 is 0 Å². The Balaban J connectivity index is 1.91. The number of hydrogen-bond donors (Lipinski definition) is 1. The number of hydrogen-bond acceptors (Lipinski definition) is 2. The molecule has 2 heteroatoms. The van der Waals surface area contributed by atoms with E-state index in [1.54, 1.807) is 0 Å². The van der Waals surface area contributed by atoms with Crippen LogP contribution in [-0.2, 0) is 4.74 Å². The van der Waals surface area contributed by atoms with E-state index < -0.39 is 0 Å². The van der Waals surface area contributed by atoms with Crippen LogP contribution in [0.15, 0.2) is 0 Å². The van der Waals surface area contributed by atoms with Crippen LogP contribution in [0.3, 0.4) is 0 Å². The lowest BCUT2D eigenvalue weighted by Crippen LogP contribution is -2.32. The Labute approximate surface area is 101 Å². The van der Waals surface area contributed by atoms with Crippen molar-refractivity contribution in [2.45, 2.75) is 71.4 Å². The van der Waals surface area contributed by atoms with Crippen LogP contribution in [0.1, 0.15) is 59.3 Å². The summed E-state index contributed by atoms with van der Waals surface area (Å²) in [6, 6.07) is 0.620. The molecule has 1 unspecified atom stereocenters. The van der Waals surface area contributed by atoms with Crippen molar-refractivity contribution in [3.05, 3.63) is 0 Å². The largest absolute Gasteiger partial charge is 0.378 e. The standard InChI is InChI=1S/C14H29NO/c1-12(2)13(3)15-10-7-11-16-14-8-5-4-6-9-14/h12-15H,4-11H2,1-3H3. The van der Waals surface area contributed by atoms with Gasteiger partial charge in [0.2, 0.25) is 0 Å². The predicted octanol–water partition coefficient (Wildman–Crippen LogP) is 3.36. The van der Waals surface area contributed by atoms with Gasteiger partial charge in [0.05, 0.1) is 6.10 Å². The van der Waals surface area contributed by atoms with Crippen molar-refractivity contribution in [2.75, 3.05) is 13.2 Å². The van der Waals surface area contributed by atoms with Gasteiger partial charge in [0.15, 0.2) is 0 Å². The molecule has 0 aromatic rings. The second kappa shape index (κ2) is 8.08. The van der Waals surface area contributed by atoms with Crippen molar-refractivity contribution in [1.29, 1.82) is 0 Å². The van der Waals surface area contributed by atoms with Gasteiger partial charge in [0.25, 0.3) is 0 Å². The highest BCUT2D eigenvalue weighted by Gasteiger charge is 2.13. The molecular formula is C14H29NO. The summed E-state index contributed by atoms with van der Waals surface area (Å²) in [6.45, 7) is 8.80. The first kappa shape index (κ1) is 14.0. The minimum atomic E-state index is 0.566. The number of nitrogens with one attached hydrogen (secondary N) is 1. The molecule has 1 saturated carbocycles. The summed E-state index contributed by atoms with van der Waals surface area (Å²) in [5, 5.41) is 3.54. The lowest BCUT2D eigenvalue weighted by molar-refractivity contribution is 0.0270. The highest BCUT2D eigenvalue weighted by atomic mass is 16.5. The zero-order chi connectivity index (χ0) is 11.8. The topological polar surface area (TPSA) is 21.3 Å². The minimum Gasteiger partial charge on any atom is -0.378 e. The minimum absolute atomic E-state index is 0.566. The van der Waals surface area contributed by atoms with Gasteiger partial charge < -0.3 is 10.1 Å². The Kier molecular flexibility index (Phi) is 7.06. The number of rotatable bonds is 7. The van der Waals surface area contributed by atoms with Gasteiger partial charge in [-0.2, -0.15) is 0 Å². The molecule has 96 valence electrons. The fourth-order valence-electron chi connectivity index (χ4n) is 2.12. The smallest absolute Gasteiger partial charge is 0.0575 e. The molecule has 1 aliphatic rings. The molecule has 16 heavy (non-hydrogen) atoms. The lowest BCUT2D eigenvalue weighted by Gasteiger charge is -2.22. The summed E-state index contributed by atoms with van der Waals surface area (Å²) >= 11 is 0. The van der Waals surface area contributed by atoms with E-state index in [1.165, 1.54) is 32.1 Å². The first-order valence-corrected chi connectivity index (χ1v) is 7.05. The van der Waals surface area contributed by atoms with Crippen molar-refractivity contribution in [3.8, 4) is 0 Å². The Morgan fingerprint density at radius 2 is 1.81 bits per heavy atom. The molecule has 1 aliphatic carbocycles. The van der Waals surface area contributed by atoms with Gasteiger partial charge >= 0.3 is 0 Å². The predicted molar refractivity (Wildman–Crippen MR) is 69.7 cm³/mol. The molecule has 0 aromatic heterocycles. The molecule has 1 N–H and O–H groups in total. The molecule has 2 nitrogen and oxygen atoms in total. The fourth-order valence-corrected chi connectivity index (χ4v) is 2.12. The second-order valence-corrected chi connectivity index (χ2v) is 5.47. The third kappa shape index (κ3) is 5.86. The summed E-state index contributed by atoms with van der Waals surface area (Å²) in [5.74, 6) is 0.722. The summed E-state index contributed by atoms with van der Waals surface area (Å²) in [4.78, 5) is 0. The van der Waals surface area contributed by atoms with E-state index in [0.717, 1.165) is 25.5 Å². The molecule has 0 saturated heterocycles. The number of ether oxygens (including phenoxy) is 1. The fraction of sp³-hybridized carbons (Fsp3) is 1.00. The first-order valence-electron chi connectivity index (χ1n) is 7.05. The van der Waals surface area contributed by atoms with Crippen LogP contribution in [0.4, 0.5) is 0 Å². The van der Waals surface area contributed by atoms with E-state index in [2.05, 4.69) is 26.1 Å². The van der Waals surface area contributed by atoms with Crippen molar-refractivity contribution in [2.24, 2.45) is 5.92 Å². The zero-order valence-corrected chi connectivity index (χ0v) is 11.3. The van der Waals surface area contributed by atoms with Gasteiger partial charge in [0, 0.05) is 12.6 Å². The highest BCUT2D eigenvalue weighted by molar-refractivity contribution is 4.66.